The predicted octanol–water partition coefficient (Wildman–Crippen LogP) is 3.50. The molecule has 0 unspecified atom stereocenters. The number of hydrogen-bond donors (Lipinski definition) is 0. The number of ether oxygens (including phenoxy) is 1. The number of nitrogens with zero attached hydrogens (tertiary/aromatic N) is 2. The summed E-state index contributed by atoms with van der Waals surface area (Å²) in [4.78, 5) is 16.1. The average Bonchev–Trinajstić information content (AvgIpc) is 2.57. The Morgan fingerprint density at radius 1 is 1.21 bits per heavy atom. The molecule has 2 aromatic heterocycles. The highest BCUT2D eigenvalue weighted by molar-refractivity contribution is 5.95. The molecular weight excluding hydrogens is 314 g/mol. The van der Waals surface area contributed by atoms with Gasteiger partial charge in [-0.3, -0.25) is 9.78 Å². The summed E-state index contributed by atoms with van der Waals surface area (Å²) in [6, 6.07) is 4.12. The molecule has 0 N–H and O–H groups in total. The molecule has 0 atom stereocenters. The molecule has 3 rings (SSSR count). The summed E-state index contributed by atoms with van der Waals surface area (Å²) < 4.78 is 34.6. The van der Waals surface area contributed by atoms with Crippen molar-refractivity contribution in [2.45, 2.75) is 0 Å². The Labute approximate surface area is 136 Å². The molecule has 0 fully saturated rings. The van der Waals surface area contributed by atoms with Crippen LogP contribution in [0.4, 0.5) is 8.78 Å². The monoisotopic (exact) mass is 328 g/mol. The Hall–Kier alpha value is -3.02. The van der Waals surface area contributed by atoms with E-state index in [1.54, 1.807) is 19.3 Å². The van der Waals surface area contributed by atoms with Crippen molar-refractivity contribution in [1.29, 1.82) is 0 Å². The second kappa shape index (κ2) is 6.23. The maximum atomic E-state index is 14.3. The zero-order valence-electron chi connectivity index (χ0n) is 13.1. The standard InChI is InChI=1S/C18H14F2N2O2/c1-22-10-15(12-3-5-21-9-14(12)18(22)23)11-7-16(19)13(4-6-24-2)17(20)8-11/h3-10H,1-2H3/b6-4-. The van der Waals surface area contributed by atoms with Crippen molar-refractivity contribution < 1.29 is 13.5 Å². The van der Waals surface area contributed by atoms with Crippen LogP contribution in [0.15, 0.2) is 47.8 Å². The first-order valence-corrected chi connectivity index (χ1v) is 7.15. The van der Waals surface area contributed by atoms with Gasteiger partial charge in [0.2, 0.25) is 0 Å². The molecule has 0 saturated heterocycles. The van der Waals surface area contributed by atoms with E-state index in [1.807, 2.05) is 0 Å². The average molecular weight is 328 g/mol. The minimum atomic E-state index is -0.714. The van der Waals surface area contributed by atoms with Gasteiger partial charge >= 0.3 is 0 Å². The van der Waals surface area contributed by atoms with E-state index in [1.165, 1.54) is 48.5 Å². The number of fused-ring (bicyclic) bond motifs is 1. The van der Waals surface area contributed by atoms with E-state index >= 15 is 0 Å². The van der Waals surface area contributed by atoms with Gasteiger partial charge in [0.1, 0.15) is 11.6 Å². The minimum Gasteiger partial charge on any atom is -0.504 e. The summed E-state index contributed by atoms with van der Waals surface area (Å²) in [5.74, 6) is -1.43. The van der Waals surface area contributed by atoms with Crippen molar-refractivity contribution in [3.05, 3.63) is 70.6 Å². The molecule has 122 valence electrons. The molecule has 2 heterocycles. The van der Waals surface area contributed by atoms with Gasteiger partial charge in [-0.25, -0.2) is 8.78 Å². The highest BCUT2D eigenvalue weighted by Crippen LogP contribution is 2.29. The SMILES string of the molecule is CO/C=C\c1c(F)cc(-c2cn(C)c(=O)c3cnccc23)cc1F. The Kier molecular flexibility index (Phi) is 4.12. The van der Waals surface area contributed by atoms with Crippen molar-refractivity contribution in [3.8, 4) is 11.1 Å². The number of hydrogen-bond acceptors (Lipinski definition) is 3. The summed E-state index contributed by atoms with van der Waals surface area (Å²) in [5.41, 5.74) is 0.486. The molecule has 0 amide bonds. The van der Waals surface area contributed by atoms with Gasteiger partial charge in [-0.15, -0.1) is 0 Å². The molecule has 24 heavy (non-hydrogen) atoms. The van der Waals surface area contributed by atoms with E-state index in [2.05, 4.69) is 4.98 Å². The van der Waals surface area contributed by atoms with Gasteiger partial charge in [0.15, 0.2) is 0 Å². The molecule has 0 saturated carbocycles. The largest absolute Gasteiger partial charge is 0.504 e. The van der Waals surface area contributed by atoms with E-state index in [4.69, 9.17) is 4.74 Å². The molecule has 0 aliphatic heterocycles. The minimum absolute atomic E-state index is 0.184. The second-order valence-electron chi connectivity index (χ2n) is 5.27. The smallest absolute Gasteiger partial charge is 0.259 e. The summed E-state index contributed by atoms with van der Waals surface area (Å²) in [6.45, 7) is 0. The normalized spacial score (nSPS) is 11.3. The van der Waals surface area contributed by atoms with Gasteiger partial charge in [0.05, 0.1) is 18.8 Å². The third kappa shape index (κ3) is 2.67. The van der Waals surface area contributed by atoms with Crippen molar-refractivity contribution in [3.63, 3.8) is 0 Å². The molecule has 1 aromatic carbocycles. The highest BCUT2D eigenvalue weighted by atomic mass is 19.1. The van der Waals surface area contributed by atoms with Crippen LogP contribution >= 0.6 is 0 Å². The summed E-state index contributed by atoms with van der Waals surface area (Å²) in [6.07, 6.45) is 6.96. The van der Waals surface area contributed by atoms with Gasteiger partial charge in [-0.1, -0.05) is 0 Å². The van der Waals surface area contributed by atoms with Gasteiger partial charge in [0, 0.05) is 36.8 Å². The maximum absolute atomic E-state index is 14.3. The predicted molar refractivity (Wildman–Crippen MR) is 88.4 cm³/mol. The Bertz CT molecular complexity index is 987. The van der Waals surface area contributed by atoms with Crippen LogP contribution < -0.4 is 5.56 Å². The molecule has 0 spiro atoms. The number of pyridine rings is 2. The molecule has 0 radical (unpaired) electrons. The van der Waals surface area contributed by atoms with Gasteiger partial charge in [0.25, 0.3) is 5.56 Å². The first-order chi connectivity index (χ1) is 11.5. The molecule has 0 aliphatic carbocycles. The van der Waals surface area contributed by atoms with Crippen LogP contribution in [0.3, 0.4) is 0 Å². The zero-order valence-corrected chi connectivity index (χ0v) is 13.1. The number of aromatic nitrogens is 2. The van der Waals surface area contributed by atoms with Crippen molar-refractivity contribution >= 4 is 16.8 Å². The van der Waals surface area contributed by atoms with E-state index in [9.17, 15) is 13.6 Å². The first kappa shape index (κ1) is 15.9. The van der Waals surface area contributed by atoms with Gasteiger partial charge in [-0.05, 0) is 35.2 Å². The van der Waals surface area contributed by atoms with E-state index < -0.39 is 11.6 Å². The van der Waals surface area contributed by atoms with E-state index in [0.29, 0.717) is 21.9 Å². The number of methoxy groups -OCH3 is 1. The van der Waals surface area contributed by atoms with Crippen molar-refractivity contribution in [1.82, 2.24) is 9.55 Å². The molecular formula is C18H14F2N2O2. The lowest BCUT2D eigenvalue weighted by atomic mass is 10.00. The topological polar surface area (TPSA) is 44.1 Å². The molecule has 3 aromatic rings. The zero-order chi connectivity index (χ0) is 17.3. The van der Waals surface area contributed by atoms with Crippen molar-refractivity contribution in [2.75, 3.05) is 7.11 Å². The van der Waals surface area contributed by atoms with Gasteiger partial charge < -0.3 is 9.30 Å². The second-order valence-corrected chi connectivity index (χ2v) is 5.27. The van der Waals surface area contributed by atoms with Crippen LogP contribution in [0.25, 0.3) is 28.0 Å². The number of benzene rings is 1. The van der Waals surface area contributed by atoms with E-state index in [-0.39, 0.29) is 11.1 Å². The summed E-state index contributed by atoms with van der Waals surface area (Å²) in [5, 5.41) is 0.980. The quantitative estimate of drug-likeness (QED) is 0.691. The maximum Gasteiger partial charge on any atom is 0.259 e. The molecule has 4 nitrogen and oxygen atoms in total. The summed E-state index contributed by atoms with van der Waals surface area (Å²) in [7, 11) is 2.98. The fourth-order valence-corrected chi connectivity index (χ4v) is 2.58. The Balaban J connectivity index is 2.27. The fourth-order valence-electron chi connectivity index (χ4n) is 2.58. The third-order valence-corrected chi connectivity index (χ3v) is 3.75. The molecule has 6 heteroatoms. The Morgan fingerprint density at radius 2 is 1.92 bits per heavy atom. The van der Waals surface area contributed by atoms with Crippen LogP contribution in [-0.2, 0) is 11.8 Å². The van der Waals surface area contributed by atoms with Crippen molar-refractivity contribution in [2.24, 2.45) is 7.05 Å². The van der Waals surface area contributed by atoms with Crippen LogP contribution in [0.5, 0.6) is 0 Å². The summed E-state index contributed by atoms with van der Waals surface area (Å²) >= 11 is 0. The molecule has 0 bridgehead atoms. The van der Waals surface area contributed by atoms with Crippen LogP contribution in [0, 0.1) is 11.6 Å². The lowest BCUT2D eigenvalue weighted by Crippen LogP contribution is -2.16. The van der Waals surface area contributed by atoms with Crippen LogP contribution in [-0.4, -0.2) is 16.7 Å². The van der Waals surface area contributed by atoms with Gasteiger partial charge in [-0.2, -0.15) is 0 Å². The first-order valence-electron chi connectivity index (χ1n) is 7.15. The molecule has 0 aliphatic rings. The number of aryl methyl sites for hydroxylation is 1. The lowest BCUT2D eigenvalue weighted by molar-refractivity contribution is 0.341. The van der Waals surface area contributed by atoms with Crippen LogP contribution in [0.2, 0.25) is 0 Å². The number of halogens is 2. The van der Waals surface area contributed by atoms with Crippen LogP contribution in [0.1, 0.15) is 5.56 Å². The number of rotatable bonds is 3. The van der Waals surface area contributed by atoms with E-state index in [0.717, 1.165) is 0 Å². The Morgan fingerprint density at radius 3 is 2.58 bits per heavy atom. The lowest BCUT2D eigenvalue weighted by Gasteiger charge is -2.11. The third-order valence-electron chi connectivity index (χ3n) is 3.75. The fraction of sp³-hybridized carbons (Fsp3) is 0.111. The highest BCUT2D eigenvalue weighted by Gasteiger charge is 2.14.